The molecule has 4 N–H and O–H groups in total. The second-order valence-corrected chi connectivity index (χ2v) is 2.63. The minimum atomic E-state index is -1.83. The molecule has 0 bridgehead atoms. The standard InChI is InChI=1S/C8H10N2O6.2Y/c1-3(11)15-5(7(9)13)6(8(10)14)16-4(2)12;;/h5-6H,1-2H2,(H2,9,13)(H2,10,14);;/q-2;;. The first-order valence-electron chi connectivity index (χ1n) is 3.89. The quantitative estimate of drug-likeness (QED) is 0.379. The largest absolute Gasteiger partial charge is 0.471 e. The smallest absolute Gasteiger partial charge is 0.263 e. The van der Waals surface area contributed by atoms with E-state index < -0.39 is 36.0 Å². The van der Waals surface area contributed by atoms with Gasteiger partial charge in [-0.15, -0.1) is 0 Å². The van der Waals surface area contributed by atoms with Crippen LogP contribution in [0.15, 0.2) is 0 Å². The summed E-state index contributed by atoms with van der Waals surface area (Å²) in [6.45, 7) is 5.61. The van der Waals surface area contributed by atoms with Crippen LogP contribution in [-0.2, 0) is 94.1 Å². The molecule has 0 spiro atoms. The van der Waals surface area contributed by atoms with Crippen LogP contribution in [0.2, 0.25) is 0 Å². The van der Waals surface area contributed by atoms with Crippen molar-refractivity contribution in [3.63, 3.8) is 0 Å². The molecule has 2 atom stereocenters. The predicted octanol–water partition coefficient (Wildman–Crippen LogP) is -2.56. The predicted molar refractivity (Wildman–Crippen MR) is 48.9 cm³/mol. The van der Waals surface area contributed by atoms with Crippen molar-refractivity contribution in [2.75, 3.05) is 0 Å². The first-order valence-corrected chi connectivity index (χ1v) is 3.89. The van der Waals surface area contributed by atoms with Gasteiger partial charge in [0, 0.05) is 65.4 Å². The van der Waals surface area contributed by atoms with Gasteiger partial charge >= 0.3 is 0 Å². The van der Waals surface area contributed by atoms with Crippen LogP contribution in [0.4, 0.5) is 0 Å². The van der Waals surface area contributed by atoms with Crippen molar-refractivity contribution in [3.05, 3.63) is 13.8 Å². The summed E-state index contributed by atoms with van der Waals surface area (Å²) in [6.07, 6.45) is -3.65. The molecule has 0 saturated carbocycles. The van der Waals surface area contributed by atoms with Gasteiger partial charge in [-0.2, -0.15) is 0 Å². The van der Waals surface area contributed by atoms with Gasteiger partial charge in [-0.25, -0.2) is 0 Å². The van der Waals surface area contributed by atoms with Crippen molar-refractivity contribution in [2.24, 2.45) is 11.5 Å². The van der Waals surface area contributed by atoms with E-state index in [1.54, 1.807) is 0 Å². The van der Waals surface area contributed by atoms with Crippen LogP contribution < -0.4 is 11.5 Å². The Morgan fingerprint density at radius 2 is 1.00 bits per heavy atom. The first kappa shape index (κ1) is 23.0. The molecule has 2 amide bonds. The second kappa shape index (κ2) is 10.7. The zero-order valence-corrected chi connectivity index (χ0v) is 15.0. The molecule has 0 aromatic rings. The molecule has 0 saturated heterocycles. The van der Waals surface area contributed by atoms with Crippen molar-refractivity contribution in [1.29, 1.82) is 0 Å². The van der Waals surface area contributed by atoms with Gasteiger partial charge in [-0.1, -0.05) is 0 Å². The van der Waals surface area contributed by atoms with Crippen molar-refractivity contribution < 1.29 is 94.1 Å². The summed E-state index contributed by atoms with van der Waals surface area (Å²) in [5.41, 5.74) is 9.67. The van der Waals surface area contributed by atoms with E-state index >= 15 is 0 Å². The Balaban J connectivity index is -0.00000112. The molecule has 0 heterocycles. The minimum Gasteiger partial charge on any atom is -0.471 e. The summed E-state index contributed by atoms with van der Waals surface area (Å²) in [6, 6.07) is 0. The Bertz CT molecular complexity index is 304. The van der Waals surface area contributed by atoms with Crippen LogP contribution >= 0.6 is 0 Å². The number of rotatable bonds is 5. The van der Waals surface area contributed by atoms with Crippen molar-refractivity contribution >= 4 is 23.8 Å². The fourth-order valence-corrected chi connectivity index (χ4v) is 0.821. The summed E-state index contributed by atoms with van der Waals surface area (Å²) in [5, 5.41) is 0. The summed E-state index contributed by atoms with van der Waals surface area (Å²) >= 11 is 0. The van der Waals surface area contributed by atoms with Crippen molar-refractivity contribution in [2.45, 2.75) is 12.2 Å². The third kappa shape index (κ3) is 8.85. The molecule has 18 heavy (non-hydrogen) atoms. The molecule has 0 aliphatic rings. The molecule has 10 heteroatoms. The topological polar surface area (TPSA) is 139 Å². The third-order valence-corrected chi connectivity index (χ3v) is 1.35. The second-order valence-electron chi connectivity index (χ2n) is 2.63. The van der Waals surface area contributed by atoms with Crippen LogP contribution in [0.5, 0.6) is 0 Å². The number of hydrogen-bond donors (Lipinski definition) is 2. The molecule has 2 radical (unpaired) electrons. The van der Waals surface area contributed by atoms with E-state index in [2.05, 4.69) is 23.3 Å². The number of hydrogen-bond acceptors (Lipinski definition) is 6. The van der Waals surface area contributed by atoms with Gasteiger partial charge in [0.2, 0.25) is 12.2 Å². The van der Waals surface area contributed by atoms with Crippen LogP contribution in [0, 0.1) is 13.8 Å². The number of amides is 2. The maximum absolute atomic E-state index is 10.9. The SMILES string of the molecule is [CH2-]C(=O)OC(C(N)=O)C(OC([CH2-])=O)C(N)=O.[Y].[Y]. The minimum absolute atomic E-state index is 0. The van der Waals surface area contributed by atoms with Crippen molar-refractivity contribution in [3.8, 4) is 0 Å². The Kier molecular flexibility index (Phi) is 13.7. The maximum atomic E-state index is 10.9. The van der Waals surface area contributed by atoms with E-state index in [4.69, 9.17) is 11.5 Å². The molecule has 0 aliphatic carbocycles. The molecular formula is C8H10N2O6Y2-2. The molecule has 0 fully saturated rings. The number of ether oxygens (including phenoxy) is 2. The van der Waals surface area contributed by atoms with Gasteiger partial charge in [0.1, 0.15) is 0 Å². The Hall–Kier alpha value is -0.172. The monoisotopic (exact) mass is 408 g/mol. The summed E-state index contributed by atoms with van der Waals surface area (Å²) in [4.78, 5) is 42.8. The summed E-state index contributed by atoms with van der Waals surface area (Å²) in [5.74, 6) is -4.67. The first-order chi connectivity index (χ1) is 7.25. The Labute approximate surface area is 154 Å². The van der Waals surface area contributed by atoms with Gasteiger partial charge < -0.3 is 20.9 Å². The van der Waals surface area contributed by atoms with E-state index in [1.165, 1.54) is 0 Å². The Morgan fingerprint density at radius 1 is 0.778 bits per heavy atom. The molecule has 96 valence electrons. The van der Waals surface area contributed by atoms with Gasteiger partial charge in [0.05, 0.1) is 0 Å². The third-order valence-electron chi connectivity index (χ3n) is 1.35. The fraction of sp³-hybridized carbons (Fsp3) is 0.250. The number of nitrogens with two attached hydrogens (primary N) is 2. The van der Waals surface area contributed by atoms with E-state index in [-0.39, 0.29) is 65.4 Å². The van der Waals surface area contributed by atoms with Crippen LogP contribution in [-0.4, -0.2) is 36.0 Å². The molecular weight excluding hydrogens is 398 g/mol. The number of carbonyl (C=O) groups excluding carboxylic acids is 4. The van der Waals surface area contributed by atoms with E-state index in [1.807, 2.05) is 0 Å². The van der Waals surface area contributed by atoms with Crippen LogP contribution in [0.1, 0.15) is 0 Å². The molecule has 2 unspecified atom stereocenters. The van der Waals surface area contributed by atoms with E-state index in [0.29, 0.717) is 0 Å². The molecule has 0 aliphatic heterocycles. The maximum Gasteiger partial charge on any atom is 0.263 e. The number of esters is 2. The molecule has 0 rings (SSSR count). The molecule has 0 aromatic heterocycles. The molecule has 8 nitrogen and oxygen atoms in total. The van der Waals surface area contributed by atoms with E-state index in [0.717, 1.165) is 0 Å². The zero-order valence-electron chi connectivity index (χ0n) is 9.33. The summed E-state index contributed by atoms with van der Waals surface area (Å²) < 4.78 is 8.61. The zero-order chi connectivity index (χ0) is 12.9. The van der Waals surface area contributed by atoms with Crippen molar-refractivity contribution in [1.82, 2.24) is 0 Å². The van der Waals surface area contributed by atoms with Gasteiger partial charge in [0.15, 0.2) is 11.9 Å². The molecule has 0 aromatic carbocycles. The average Bonchev–Trinajstić information content (AvgIpc) is 2.09. The normalized spacial score (nSPS) is 11.8. The Morgan fingerprint density at radius 3 is 1.11 bits per heavy atom. The van der Waals surface area contributed by atoms with Gasteiger partial charge in [-0.05, 0) is 0 Å². The van der Waals surface area contributed by atoms with Crippen LogP contribution in [0.3, 0.4) is 0 Å². The van der Waals surface area contributed by atoms with E-state index in [9.17, 15) is 19.2 Å². The van der Waals surface area contributed by atoms with Crippen LogP contribution in [0.25, 0.3) is 0 Å². The average molecular weight is 408 g/mol. The fourth-order valence-electron chi connectivity index (χ4n) is 0.821. The van der Waals surface area contributed by atoms with Gasteiger partial charge in [-0.3, -0.25) is 33.0 Å². The van der Waals surface area contributed by atoms with Gasteiger partial charge in [0.25, 0.3) is 11.8 Å². The summed E-state index contributed by atoms with van der Waals surface area (Å²) in [7, 11) is 0. The number of primary amides is 2. The number of carbonyl (C=O) groups is 4.